The van der Waals surface area contributed by atoms with Crippen LogP contribution < -0.4 is 5.32 Å². The Hall–Kier alpha value is -0.410. The summed E-state index contributed by atoms with van der Waals surface area (Å²) in [6.45, 7) is 4.63. The fourth-order valence-corrected chi connectivity index (χ4v) is 3.92. The molecule has 1 aliphatic rings. The van der Waals surface area contributed by atoms with Crippen molar-refractivity contribution < 1.29 is 4.39 Å². The van der Waals surface area contributed by atoms with Gasteiger partial charge >= 0.3 is 0 Å². The molecular formula is C17H25BrFN. The summed E-state index contributed by atoms with van der Waals surface area (Å²) >= 11 is 3.45. The maximum atomic E-state index is 14.1. The molecule has 1 unspecified atom stereocenters. The van der Waals surface area contributed by atoms with Crippen LogP contribution in [0.3, 0.4) is 0 Å². The van der Waals surface area contributed by atoms with E-state index in [9.17, 15) is 4.39 Å². The van der Waals surface area contributed by atoms with Gasteiger partial charge in [-0.05, 0) is 68.7 Å². The molecule has 0 aliphatic heterocycles. The Morgan fingerprint density at radius 2 is 1.75 bits per heavy atom. The van der Waals surface area contributed by atoms with E-state index in [1.807, 2.05) is 13.1 Å². The Labute approximate surface area is 130 Å². The van der Waals surface area contributed by atoms with Crippen LogP contribution in [0.25, 0.3) is 0 Å². The molecule has 2 rings (SSSR count). The molecule has 1 aromatic carbocycles. The van der Waals surface area contributed by atoms with E-state index < -0.39 is 0 Å². The van der Waals surface area contributed by atoms with E-state index in [4.69, 9.17) is 0 Å². The molecule has 3 heteroatoms. The summed E-state index contributed by atoms with van der Waals surface area (Å²) < 4.78 is 15.1. The van der Waals surface area contributed by atoms with Crippen molar-refractivity contribution in [2.75, 3.05) is 7.05 Å². The maximum absolute atomic E-state index is 14.1. The smallest absolute Gasteiger partial charge is 0.128 e. The highest BCUT2D eigenvalue weighted by atomic mass is 79.9. The van der Waals surface area contributed by atoms with E-state index in [1.165, 1.54) is 25.7 Å². The van der Waals surface area contributed by atoms with Crippen LogP contribution in [0.5, 0.6) is 0 Å². The second kappa shape index (κ2) is 7.04. The lowest BCUT2D eigenvalue weighted by Crippen LogP contribution is -2.30. The molecule has 1 N–H and O–H groups in total. The first-order valence-electron chi connectivity index (χ1n) is 7.65. The van der Waals surface area contributed by atoms with E-state index in [2.05, 4.69) is 35.1 Å². The van der Waals surface area contributed by atoms with Crippen molar-refractivity contribution in [1.29, 1.82) is 0 Å². The first kappa shape index (κ1) is 16.0. The summed E-state index contributed by atoms with van der Waals surface area (Å²) in [7, 11) is 1.94. The number of hydrogen-bond donors (Lipinski definition) is 1. The van der Waals surface area contributed by atoms with Gasteiger partial charge in [0, 0.05) is 16.1 Å². The van der Waals surface area contributed by atoms with Gasteiger partial charge in [0.15, 0.2) is 0 Å². The first-order chi connectivity index (χ1) is 9.52. The molecule has 1 atom stereocenters. The van der Waals surface area contributed by atoms with Gasteiger partial charge in [0.2, 0.25) is 0 Å². The second-order valence-corrected chi connectivity index (χ2v) is 7.27. The van der Waals surface area contributed by atoms with Crippen molar-refractivity contribution in [2.24, 2.45) is 17.8 Å². The van der Waals surface area contributed by atoms with Crippen molar-refractivity contribution >= 4 is 15.9 Å². The molecule has 1 aliphatic carbocycles. The maximum Gasteiger partial charge on any atom is 0.128 e. The topological polar surface area (TPSA) is 12.0 Å². The van der Waals surface area contributed by atoms with Crippen LogP contribution in [0.1, 0.15) is 51.1 Å². The van der Waals surface area contributed by atoms with Crippen LogP contribution in [-0.4, -0.2) is 7.05 Å². The molecule has 1 fully saturated rings. The lowest BCUT2D eigenvalue weighted by Gasteiger charge is -2.35. The molecule has 20 heavy (non-hydrogen) atoms. The van der Waals surface area contributed by atoms with E-state index >= 15 is 0 Å². The van der Waals surface area contributed by atoms with Crippen LogP contribution >= 0.6 is 15.9 Å². The highest BCUT2D eigenvalue weighted by Gasteiger charge is 2.30. The minimum absolute atomic E-state index is 0.0986. The van der Waals surface area contributed by atoms with Crippen LogP contribution in [-0.2, 0) is 0 Å². The summed E-state index contributed by atoms with van der Waals surface area (Å²) in [6, 6.07) is 5.37. The number of halogens is 2. The predicted molar refractivity (Wildman–Crippen MR) is 86.2 cm³/mol. The molecule has 1 nitrogen and oxygen atoms in total. The standard InChI is InChI=1S/C17H25BrFN/c1-11(2)12-4-6-13(7-5-12)17(20-3)15-10-14(18)8-9-16(15)19/h8-13,17,20H,4-7H2,1-3H3. The van der Waals surface area contributed by atoms with E-state index in [0.29, 0.717) is 5.92 Å². The Morgan fingerprint density at radius 3 is 2.30 bits per heavy atom. The molecule has 112 valence electrons. The molecule has 0 bridgehead atoms. The Balaban J connectivity index is 2.11. The SMILES string of the molecule is CNC(c1cc(Br)ccc1F)C1CCC(C(C)C)CC1. The molecule has 0 radical (unpaired) electrons. The average Bonchev–Trinajstić information content (AvgIpc) is 2.44. The number of benzene rings is 1. The van der Waals surface area contributed by atoms with Gasteiger partial charge in [-0.25, -0.2) is 4.39 Å². The zero-order chi connectivity index (χ0) is 14.7. The third-order valence-corrected chi connectivity index (χ3v) is 5.33. The lowest BCUT2D eigenvalue weighted by atomic mass is 9.73. The van der Waals surface area contributed by atoms with Crippen molar-refractivity contribution in [1.82, 2.24) is 5.32 Å². The molecule has 0 spiro atoms. The van der Waals surface area contributed by atoms with Crippen LogP contribution in [0.2, 0.25) is 0 Å². The number of nitrogens with one attached hydrogen (secondary N) is 1. The van der Waals surface area contributed by atoms with Crippen molar-refractivity contribution in [3.05, 3.63) is 34.1 Å². The van der Waals surface area contributed by atoms with Gasteiger partial charge in [0.1, 0.15) is 5.82 Å². The highest BCUT2D eigenvalue weighted by molar-refractivity contribution is 9.10. The average molecular weight is 342 g/mol. The van der Waals surface area contributed by atoms with Gasteiger partial charge in [0.05, 0.1) is 0 Å². The van der Waals surface area contributed by atoms with Crippen molar-refractivity contribution in [3.63, 3.8) is 0 Å². The zero-order valence-corrected chi connectivity index (χ0v) is 14.2. The van der Waals surface area contributed by atoms with Gasteiger partial charge in [-0.2, -0.15) is 0 Å². The van der Waals surface area contributed by atoms with Gasteiger partial charge in [-0.15, -0.1) is 0 Å². The van der Waals surface area contributed by atoms with Crippen molar-refractivity contribution in [2.45, 2.75) is 45.6 Å². The first-order valence-corrected chi connectivity index (χ1v) is 8.44. The lowest BCUT2D eigenvalue weighted by molar-refractivity contribution is 0.191. The van der Waals surface area contributed by atoms with Gasteiger partial charge in [0.25, 0.3) is 0 Å². The molecule has 1 aromatic rings. The van der Waals surface area contributed by atoms with Crippen LogP contribution in [0, 0.1) is 23.6 Å². The van der Waals surface area contributed by atoms with E-state index in [-0.39, 0.29) is 11.9 Å². The predicted octanol–water partition coefficient (Wildman–Crippen LogP) is 5.31. The highest BCUT2D eigenvalue weighted by Crippen LogP contribution is 2.40. The van der Waals surface area contributed by atoms with Gasteiger partial charge < -0.3 is 5.32 Å². The summed E-state index contributed by atoms with van der Waals surface area (Å²) in [6.07, 6.45) is 4.94. The van der Waals surface area contributed by atoms with E-state index in [0.717, 1.165) is 21.9 Å². The third kappa shape index (κ3) is 3.62. The van der Waals surface area contributed by atoms with Crippen molar-refractivity contribution in [3.8, 4) is 0 Å². The Bertz CT molecular complexity index is 439. The molecule has 1 saturated carbocycles. The summed E-state index contributed by atoms with van der Waals surface area (Å²) in [5.74, 6) is 2.06. The molecule has 0 heterocycles. The Morgan fingerprint density at radius 1 is 1.15 bits per heavy atom. The fourth-order valence-electron chi connectivity index (χ4n) is 3.54. The molecular weight excluding hydrogens is 317 g/mol. The Kier molecular flexibility index (Phi) is 5.62. The zero-order valence-electron chi connectivity index (χ0n) is 12.6. The largest absolute Gasteiger partial charge is 0.313 e. The number of hydrogen-bond acceptors (Lipinski definition) is 1. The fraction of sp³-hybridized carbons (Fsp3) is 0.647. The molecule has 0 saturated heterocycles. The van der Waals surface area contributed by atoms with E-state index in [1.54, 1.807) is 12.1 Å². The summed E-state index contributed by atoms with van der Waals surface area (Å²) in [5, 5.41) is 3.34. The monoisotopic (exact) mass is 341 g/mol. The minimum atomic E-state index is -0.0986. The number of rotatable bonds is 4. The third-order valence-electron chi connectivity index (χ3n) is 4.83. The van der Waals surface area contributed by atoms with Crippen LogP contribution in [0.4, 0.5) is 4.39 Å². The summed E-state index contributed by atoms with van der Waals surface area (Å²) in [4.78, 5) is 0. The second-order valence-electron chi connectivity index (χ2n) is 6.35. The van der Waals surface area contributed by atoms with Gasteiger partial charge in [-0.1, -0.05) is 29.8 Å². The summed E-state index contributed by atoms with van der Waals surface area (Å²) in [5.41, 5.74) is 0.801. The molecule has 0 aromatic heterocycles. The normalized spacial score (nSPS) is 24.9. The minimum Gasteiger partial charge on any atom is -0.313 e. The van der Waals surface area contributed by atoms with Crippen LogP contribution in [0.15, 0.2) is 22.7 Å². The quantitative estimate of drug-likeness (QED) is 0.782. The molecule has 0 amide bonds. The van der Waals surface area contributed by atoms with Gasteiger partial charge in [-0.3, -0.25) is 0 Å².